The summed E-state index contributed by atoms with van der Waals surface area (Å²) in [7, 11) is 0. The van der Waals surface area contributed by atoms with E-state index in [0.717, 1.165) is 61.1 Å². The zero-order valence-corrected chi connectivity index (χ0v) is 17.5. The van der Waals surface area contributed by atoms with Gasteiger partial charge in [-0.3, -0.25) is 9.69 Å². The lowest BCUT2D eigenvalue weighted by atomic mass is 9.96. The Bertz CT molecular complexity index is 937. The number of benzene rings is 1. The second kappa shape index (κ2) is 8.50. The van der Waals surface area contributed by atoms with Gasteiger partial charge in [-0.15, -0.1) is 11.3 Å². The molecule has 1 fully saturated rings. The van der Waals surface area contributed by atoms with E-state index < -0.39 is 0 Å². The molecule has 2 aromatic heterocycles. The molecule has 0 spiro atoms. The molecule has 0 radical (unpaired) electrons. The van der Waals surface area contributed by atoms with Crippen molar-refractivity contribution < 1.29 is 9.21 Å². The highest BCUT2D eigenvalue weighted by Gasteiger charge is 2.20. The third kappa shape index (κ3) is 4.31. The minimum Gasteiger partial charge on any atom is -0.464 e. The Hall–Kier alpha value is -2.11. The van der Waals surface area contributed by atoms with Crippen LogP contribution >= 0.6 is 11.3 Å². The van der Waals surface area contributed by atoms with Crippen molar-refractivity contribution in [3.8, 4) is 0 Å². The summed E-state index contributed by atoms with van der Waals surface area (Å²) in [5.74, 6) is 0.663. The molecule has 4 nitrogen and oxygen atoms in total. The van der Waals surface area contributed by atoms with Gasteiger partial charge in [0, 0.05) is 28.9 Å². The number of nitrogens with one attached hydrogen (secondary N) is 1. The first-order valence-corrected chi connectivity index (χ1v) is 11.0. The fourth-order valence-electron chi connectivity index (χ4n) is 3.99. The number of fused-ring (bicyclic) bond motifs is 1. The molecular weight excluding hydrogens is 368 g/mol. The molecule has 0 unspecified atom stereocenters. The lowest BCUT2D eigenvalue weighted by Gasteiger charge is -2.31. The minimum absolute atomic E-state index is 0.0851. The van der Waals surface area contributed by atoms with Crippen molar-refractivity contribution in [1.82, 2.24) is 10.2 Å². The van der Waals surface area contributed by atoms with Crippen molar-refractivity contribution in [3.05, 3.63) is 57.5 Å². The Balaban J connectivity index is 1.25. The third-order valence-electron chi connectivity index (χ3n) is 5.95. The summed E-state index contributed by atoms with van der Waals surface area (Å²) in [6.45, 7) is 8.21. The van der Waals surface area contributed by atoms with Gasteiger partial charge in [0.15, 0.2) is 0 Å². The van der Waals surface area contributed by atoms with E-state index in [1.54, 1.807) is 6.26 Å². The molecule has 28 heavy (non-hydrogen) atoms. The summed E-state index contributed by atoms with van der Waals surface area (Å²) >= 11 is 1.83. The molecule has 0 aliphatic carbocycles. The normalized spacial score (nSPS) is 15.9. The van der Waals surface area contributed by atoms with Gasteiger partial charge in [0.25, 0.3) is 0 Å². The van der Waals surface area contributed by atoms with E-state index >= 15 is 0 Å². The SMILES string of the molecule is Cc1ccc2c(CC(=O)NCC3CCN(Cc4cccs4)CC3)coc2c1C. The Kier molecular flexibility index (Phi) is 5.83. The molecule has 0 saturated carbocycles. The number of likely N-dealkylation sites (tertiary alicyclic amines) is 1. The summed E-state index contributed by atoms with van der Waals surface area (Å²) < 4.78 is 5.73. The van der Waals surface area contributed by atoms with Crippen molar-refractivity contribution in [3.63, 3.8) is 0 Å². The van der Waals surface area contributed by atoms with Crippen LogP contribution in [0.3, 0.4) is 0 Å². The van der Waals surface area contributed by atoms with Gasteiger partial charge >= 0.3 is 0 Å². The molecule has 1 N–H and O–H groups in total. The van der Waals surface area contributed by atoms with Gasteiger partial charge in [0.05, 0.1) is 12.7 Å². The first kappa shape index (κ1) is 19.2. The molecule has 1 saturated heterocycles. The maximum atomic E-state index is 12.5. The summed E-state index contributed by atoms with van der Waals surface area (Å²) in [6, 6.07) is 8.49. The minimum atomic E-state index is 0.0851. The second-order valence-corrected chi connectivity index (χ2v) is 8.96. The molecule has 0 bridgehead atoms. The molecule has 1 aliphatic rings. The smallest absolute Gasteiger partial charge is 0.224 e. The van der Waals surface area contributed by atoms with E-state index in [1.807, 2.05) is 11.3 Å². The molecular formula is C23H28N2O2S. The van der Waals surface area contributed by atoms with Crippen LogP contribution < -0.4 is 5.32 Å². The van der Waals surface area contributed by atoms with Crippen LogP contribution in [0.25, 0.3) is 11.0 Å². The summed E-state index contributed by atoms with van der Waals surface area (Å²) in [6.07, 6.45) is 4.42. The maximum Gasteiger partial charge on any atom is 0.224 e. The third-order valence-corrected chi connectivity index (χ3v) is 6.81. The lowest BCUT2D eigenvalue weighted by molar-refractivity contribution is -0.120. The van der Waals surface area contributed by atoms with E-state index in [4.69, 9.17) is 4.42 Å². The largest absolute Gasteiger partial charge is 0.464 e. The summed E-state index contributed by atoms with van der Waals surface area (Å²) in [5, 5.41) is 6.34. The number of carbonyl (C=O) groups excluding carboxylic acids is 1. The molecule has 5 heteroatoms. The number of nitrogens with zero attached hydrogens (tertiary/aromatic N) is 1. The molecule has 3 heterocycles. The number of amides is 1. The fourth-order valence-corrected chi connectivity index (χ4v) is 4.74. The second-order valence-electron chi connectivity index (χ2n) is 7.92. The summed E-state index contributed by atoms with van der Waals surface area (Å²) in [5.41, 5.74) is 4.24. The Labute approximate surface area is 170 Å². The van der Waals surface area contributed by atoms with E-state index in [2.05, 4.69) is 53.7 Å². The molecule has 0 atom stereocenters. The number of thiophene rings is 1. The predicted molar refractivity (Wildman–Crippen MR) is 115 cm³/mol. The van der Waals surface area contributed by atoms with E-state index in [-0.39, 0.29) is 5.91 Å². The molecule has 4 rings (SSSR count). The molecule has 1 aromatic carbocycles. The first-order chi connectivity index (χ1) is 13.6. The van der Waals surface area contributed by atoms with Crippen molar-refractivity contribution >= 4 is 28.2 Å². The van der Waals surface area contributed by atoms with Crippen molar-refractivity contribution in [2.24, 2.45) is 5.92 Å². The van der Waals surface area contributed by atoms with Gasteiger partial charge in [-0.2, -0.15) is 0 Å². The van der Waals surface area contributed by atoms with Crippen LogP contribution in [-0.2, 0) is 17.8 Å². The number of piperidine rings is 1. The standard InChI is InChI=1S/C23H28N2O2S/c1-16-5-6-21-19(15-27-23(21)17(16)2)12-22(26)24-13-18-7-9-25(10-8-18)14-20-4-3-11-28-20/h3-6,11,15,18H,7-10,12-14H2,1-2H3,(H,24,26). The average molecular weight is 397 g/mol. The van der Waals surface area contributed by atoms with Gasteiger partial charge in [-0.05, 0) is 68.3 Å². The van der Waals surface area contributed by atoms with Crippen LogP contribution in [0.2, 0.25) is 0 Å². The first-order valence-electron chi connectivity index (χ1n) is 10.1. The van der Waals surface area contributed by atoms with Crippen LogP contribution in [-0.4, -0.2) is 30.4 Å². The Morgan fingerprint density at radius 2 is 2.07 bits per heavy atom. The van der Waals surface area contributed by atoms with Crippen LogP contribution in [0.1, 0.15) is 34.4 Å². The zero-order chi connectivity index (χ0) is 19.5. The van der Waals surface area contributed by atoms with E-state index in [0.29, 0.717) is 12.3 Å². The van der Waals surface area contributed by atoms with Crippen molar-refractivity contribution in [2.75, 3.05) is 19.6 Å². The van der Waals surface area contributed by atoms with Crippen LogP contribution in [0.5, 0.6) is 0 Å². The van der Waals surface area contributed by atoms with Crippen LogP contribution in [0.4, 0.5) is 0 Å². The number of hydrogen-bond donors (Lipinski definition) is 1. The number of furan rings is 1. The fraction of sp³-hybridized carbons (Fsp3) is 0.435. The van der Waals surface area contributed by atoms with Crippen molar-refractivity contribution in [2.45, 2.75) is 39.7 Å². The lowest BCUT2D eigenvalue weighted by Crippen LogP contribution is -2.38. The van der Waals surface area contributed by atoms with Crippen molar-refractivity contribution in [1.29, 1.82) is 0 Å². The van der Waals surface area contributed by atoms with Gasteiger partial charge in [0.2, 0.25) is 5.91 Å². The van der Waals surface area contributed by atoms with E-state index in [1.165, 1.54) is 10.4 Å². The quantitative estimate of drug-likeness (QED) is 0.658. The highest BCUT2D eigenvalue weighted by Crippen LogP contribution is 2.27. The molecule has 1 aliphatic heterocycles. The number of aryl methyl sites for hydroxylation is 2. The van der Waals surface area contributed by atoms with Gasteiger partial charge in [-0.1, -0.05) is 18.2 Å². The van der Waals surface area contributed by atoms with Gasteiger partial charge < -0.3 is 9.73 Å². The maximum absolute atomic E-state index is 12.5. The van der Waals surface area contributed by atoms with E-state index in [9.17, 15) is 4.79 Å². The molecule has 3 aromatic rings. The predicted octanol–water partition coefficient (Wildman–Crippen LogP) is 4.68. The Morgan fingerprint density at radius 3 is 2.82 bits per heavy atom. The number of rotatable bonds is 6. The monoisotopic (exact) mass is 396 g/mol. The highest BCUT2D eigenvalue weighted by atomic mass is 32.1. The number of carbonyl (C=O) groups is 1. The topological polar surface area (TPSA) is 45.5 Å². The van der Waals surface area contributed by atoms with Gasteiger partial charge in [-0.25, -0.2) is 0 Å². The Morgan fingerprint density at radius 1 is 1.25 bits per heavy atom. The van der Waals surface area contributed by atoms with Crippen LogP contribution in [0, 0.1) is 19.8 Å². The molecule has 1 amide bonds. The number of hydrogen-bond acceptors (Lipinski definition) is 4. The highest BCUT2D eigenvalue weighted by molar-refractivity contribution is 7.09. The van der Waals surface area contributed by atoms with Crippen LogP contribution in [0.15, 0.2) is 40.3 Å². The zero-order valence-electron chi connectivity index (χ0n) is 16.7. The summed E-state index contributed by atoms with van der Waals surface area (Å²) in [4.78, 5) is 16.4. The average Bonchev–Trinajstić information content (AvgIpc) is 3.35. The van der Waals surface area contributed by atoms with Gasteiger partial charge in [0.1, 0.15) is 5.58 Å². The molecule has 148 valence electrons.